The molecule has 6 nitrogen and oxygen atoms in total. The fourth-order valence-corrected chi connectivity index (χ4v) is 3.48. The molecule has 0 aliphatic rings. The van der Waals surface area contributed by atoms with E-state index in [0.717, 1.165) is 29.8 Å². The van der Waals surface area contributed by atoms with E-state index >= 15 is 0 Å². The molecule has 0 aromatic heterocycles. The molecule has 0 aliphatic heterocycles. The Bertz CT molecular complexity index is 1060. The summed E-state index contributed by atoms with van der Waals surface area (Å²) in [7, 11) is -3.99. The van der Waals surface area contributed by atoms with Crippen LogP contribution in [0.2, 0.25) is 0 Å². The third kappa shape index (κ3) is 4.93. The van der Waals surface area contributed by atoms with E-state index in [2.05, 4.69) is 10.2 Å². The molecule has 3 aromatic rings. The van der Waals surface area contributed by atoms with Gasteiger partial charge in [-0.15, -0.1) is 0 Å². The number of anilines is 1. The number of para-hydroxylation sites is 1. The molecule has 3 rings (SSSR count). The summed E-state index contributed by atoms with van der Waals surface area (Å²) in [6, 6.07) is 19.7. The lowest BCUT2D eigenvalue weighted by atomic mass is 10.2. The maximum atomic E-state index is 13.0. The number of carbonyl (C=O) groups excluding carboxylic acids is 1. The number of hydrogen-bond acceptors (Lipinski definition) is 4. The lowest BCUT2D eigenvalue weighted by Crippen LogP contribution is -2.25. The maximum Gasteiger partial charge on any atom is 0.276 e. The minimum absolute atomic E-state index is 0.0765. The highest BCUT2D eigenvalue weighted by molar-refractivity contribution is 7.92. The van der Waals surface area contributed by atoms with Crippen LogP contribution >= 0.6 is 0 Å². The number of amides is 1. The fourth-order valence-electron chi connectivity index (χ4n) is 2.40. The van der Waals surface area contributed by atoms with Crippen LogP contribution in [-0.4, -0.2) is 14.3 Å². The van der Waals surface area contributed by atoms with Crippen molar-refractivity contribution in [2.24, 2.45) is 0 Å². The van der Waals surface area contributed by atoms with Crippen molar-refractivity contribution < 1.29 is 22.4 Å². The summed E-state index contributed by atoms with van der Waals surface area (Å²) in [5.41, 5.74) is 3.33. The zero-order valence-corrected chi connectivity index (χ0v) is 15.4. The van der Waals surface area contributed by atoms with Gasteiger partial charge in [0.1, 0.15) is 5.82 Å². The highest BCUT2D eigenvalue weighted by atomic mass is 32.2. The number of carbonyl (C=O) groups is 1. The summed E-state index contributed by atoms with van der Waals surface area (Å²) in [6.45, 7) is 0.163. The molecule has 3 aromatic carbocycles. The Labute approximate surface area is 162 Å². The normalized spacial score (nSPS) is 11.0. The molecule has 0 atom stereocenters. The summed E-state index contributed by atoms with van der Waals surface area (Å²) in [4.78, 5) is 17.5. The molecule has 0 bridgehead atoms. The van der Waals surface area contributed by atoms with Gasteiger partial charge in [-0.1, -0.05) is 42.5 Å². The van der Waals surface area contributed by atoms with Crippen LogP contribution in [0.4, 0.5) is 10.1 Å². The van der Waals surface area contributed by atoms with Crippen LogP contribution in [0.25, 0.3) is 0 Å². The molecule has 0 saturated heterocycles. The first-order chi connectivity index (χ1) is 13.5. The van der Waals surface area contributed by atoms with Gasteiger partial charge in [-0.05, 0) is 42.0 Å². The molecule has 0 radical (unpaired) electrons. The average Bonchev–Trinajstić information content (AvgIpc) is 2.69. The smallest absolute Gasteiger partial charge is 0.276 e. The monoisotopic (exact) mass is 400 g/mol. The molecular weight excluding hydrogens is 383 g/mol. The molecule has 144 valence electrons. The standard InChI is InChI=1S/C20H17FN2O4S/c21-16-10-12-17(13-11-16)28(25,26)23-19-9-5-4-8-18(19)20(24)22-27-14-15-6-2-1-3-7-15/h1-13,23H,14H2,(H,22,24). The summed E-state index contributed by atoms with van der Waals surface area (Å²) >= 11 is 0. The van der Waals surface area contributed by atoms with Gasteiger partial charge in [-0.3, -0.25) is 14.4 Å². The van der Waals surface area contributed by atoms with Crippen LogP contribution in [0.5, 0.6) is 0 Å². The SMILES string of the molecule is O=C(NOCc1ccccc1)c1ccccc1NS(=O)(=O)c1ccc(F)cc1. The zero-order valence-electron chi connectivity index (χ0n) is 14.6. The van der Waals surface area contributed by atoms with Gasteiger partial charge in [0.25, 0.3) is 15.9 Å². The Balaban J connectivity index is 1.71. The van der Waals surface area contributed by atoms with Gasteiger partial charge < -0.3 is 0 Å². The topological polar surface area (TPSA) is 84.5 Å². The second-order valence-corrected chi connectivity index (χ2v) is 7.49. The zero-order chi connectivity index (χ0) is 20.0. The lowest BCUT2D eigenvalue weighted by molar-refractivity contribution is 0.0234. The second kappa shape index (κ2) is 8.64. The van der Waals surface area contributed by atoms with Crippen molar-refractivity contribution in [3.63, 3.8) is 0 Å². The largest absolute Gasteiger partial charge is 0.279 e. The number of hydroxylamine groups is 1. The maximum absolute atomic E-state index is 13.0. The highest BCUT2D eigenvalue weighted by Crippen LogP contribution is 2.20. The van der Waals surface area contributed by atoms with Crippen LogP contribution in [0.3, 0.4) is 0 Å². The van der Waals surface area contributed by atoms with E-state index < -0.39 is 21.7 Å². The predicted molar refractivity (Wildman–Crippen MR) is 102 cm³/mol. The van der Waals surface area contributed by atoms with E-state index in [1.807, 2.05) is 30.3 Å². The van der Waals surface area contributed by atoms with Crippen molar-refractivity contribution in [1.82, 2.24) is 5.48 Å². The number of rotatable bonds is 7. The third-order valence-electron chi connectivity index (χ3n) is 3.79. The molecule has 0 spiro atoms. The highest BCUT2D eigenvalue weighted by Gasteiger charge is 2.18. The molecule has 2 N–H and O–H groups in total. The number of benzene rings is 3. The van der Waals surface area contributed by atoms with Gasteiger partial charge in [0, 0.05) is 0 Å². The van der Waals surface area contributed by atoms with Crippen molar-refractivity contribution in [3.8, 4) is 0 Å². The average molecular weight is 400 g/mol. The first kappa shape index (κ1) is 19.5. The Kier molecular flexibility index (Phi) is 6.03. The molecule has 0 aliphatic carbocycles. The Morgan fingerprint density at radius 2 is 1.54 bits per heavy atom. The van der Waals surface area contributed by atoms with E-state index in [4.69, 9.17) is 4.84 Å². The Hall–Kier alpha value is -3.23. The van der Waals surface area contributed by atoms with E-state index in [-0.39, 0.29) is 22.8 Å². The molecule has 8 heteroatoms. The number of sulfonamides is 1. The van der Waals surface area contributed by atoms with Gasteiger partial charge in [-0.25, -0.2) is 18.3 Å². The summed E-state index contributed by atoms with van der Waals surface area (Å²) in [6.07, 6.45) is 0. The molecule has 0 unspecified atom stereocenters. The van der Waals surface area contributed by atoms with E-state index in [1.54, 1.807) is 12.1 Å². The van der Waals surface area contributed by atoms with Crippen molar-refractivity contribution >= 4 is 21.6 Å². The van der Waals surface area contributed by atoms with Crippen LogP contribution < -0.4 is 10.2 Å². The van der Waals surface area contributed by atoms with Gasteiger partial charge in [0.2, 0.25) is 0 Å². The third-order valence-corrected chi connectivity index (χ3v) is 5.17. The van der Waals surface area contributed by atoms with Crippen molar-refractivity contribution in [2.45, 2.75) is 11.5 Å². The van der Waals surface area contributed by atoms with Crippen LogP contribution in [0.1, 0.15) is 15.9 Å². The lowest BCUT2D eigenvalue weighted by Gasteiger charge is -2.13. The van der Waals surface area contributed by atoms with Gasteiger partial charge in [0.15, 0.2) is 0 Å². The Morgan fingerprint density at radius 1 is 0.893 bits per heavy atom. The number of nitrogens with one attached hydrogen (secondary N) is 2. The quantitative estimate of drug-likeness (QED) is 0.595. The molecular formula is C20H17FN2O4S. The minimum Gasteiger partial charge on any atom is -0.279 e. The first-order valence-corrected chi connectivity index (χ1v) is 9.77. The molecule has 28 heavy (non-hydrogen) atoms. The fraction of sp³-hybridized carbons (Fsp3) is 0.0500. The Morgan fingerprint density at radius 3 is 2.25 bits per heavy atom. The first-order valence-electron chi connectivity index (χ1n) is 8.29. The summed E-state index contributed by atoms with van der Waals surface area (Å²) in [5, 5.41) is 0. The summed E-state index contributed by atoms with van der Waals surface area (Å²) in [5.74, 6) is -1.15. The van der Waals surface area contributed by atoms with Gasteiger partial charge >= 0.3 is 0 Å². The van der Waals surface area contributed by atoms with E-state index in [0.29, 0.717) is 0 Å². The van der Waals surface area contributed by atoms with Crippen LogP contribution in [0.15, 0.2) is 83.8 Å². The number of hydrogen-bond donors (Lipinski definition) is 2. The van der Waals surface area contributed by atoms with Gasteiger partial charge in [0.05, 0.1) is 22.8 Å². The predicted octanol–water partition coefficient (Wildman–Crippen LogP) is 3.49. The van der Waals surface area contributed by atoms with Crippen molar-refractivity contribution in [3.05, 3.63) is 95.8 Å². The van der Waals surface area contributed by atoms with E-state index in [9.17, 15) is 17.6 Å². The van der Waals surface area contributed by atoms with Gasteiger partial charge in [-0.2, -0.15) is 0 Å². The molecule has 0 heterocycles. The van der Waals surface area contributed by atoms with Crippen LogP contribution in [-0.2, 0) is 21.5 Å². The molecule has 1 amide bonds. The van der Waals surface area contributed by atoms with Crippen molar-refractivity contribution in [1.29, 1.82) is 0 Å². The number of halogens is 1. The minimum atomic E-state index is -3.99. The second-order valence-electron chi connectivity index (χ2n) is 5.81. The van der Waals surface area contributed by atoms with E-state index in [1.165, 1.54) is 12.1 Å². The molecule has 0 fully saturated rings. The van der Waals surface area contributed by atoms with Crippen molar-refractivity contribution in [2.75, 3.05) is 4.72 Å². The molecule has 0 saturated carbocycles. The van der Waals surface area contributed by atoms with Crippen LogP contribution in [0, 0.1) is 5.82 Å². The summed E-state index contributed by atoms with van der Waals surface area (Å²) < 4.78 is 40.4.